The van der Waals surface area contributed by atoms with Crippen LogP contribution in [0.3, 0.4) is 0 Å². The Bertz CT molecular complexity index is 1080. The minimum Gasteiger partial charge on any atom is -0.489 e. The van der Waals surface area contributed by atoms with Crippen molar-refractivity contribution in [1.29, 1.82) is 0 Å². The summed E-state index contributed by atoms with van der Waals surface area (Å²) in [6.45, 7) is 1.09. The fourth-order valence-electron chi connectivity index (χ4n) is 3.98. The van der Waals surface area contributed by atoms with Gasteiger partial charge in [0.05, 0.1) is 0 Å². The molecule has 1 aliphatic rings. The molecule has 0 aromatic heterocycles. The zero-order valence-corrected chi connectivity index (χ0v) is 19.6. The molecule has 0 unspecified atom stereocenters. The average Bonchev–Trinajstić information content (AvgIpc) is 2.88. The second-order valence-electron chi connectivity index (χ2n) is 8.83. The smallest absolute Gasteiger partial charge is 0.408 e. The summed E-state index contributed by atoms with van der Waals surface area (Å²) in [6, 6.07) is 25.7. The van der Waals surface area contributed by atoms with Crippen LogP contribution in [0.2, 0.25) is 0 Å². The number of alkyl carbamates (subject to hydrolysis) is 1. The Labute approximate surface area is 205 Å². The van der Waals surface area contributed by atoms with Crippen LogP contribution in [0.1, 0.15) is 35.6 Å². The third kappa shape index (κ3) is 7.32. The number of ether oxygens (including phenoxy) is 2. The Morgan fingerprint density at radius 2 is 1.46 bits per heavy atom. The van der Waals surface area contributed by atoms with Gasteiger partial charge in [-0.05, 0) is 47.6 Å². The quantitative estimate of drug-likeness (QED) is 0.412. The van der Waals surface area contributed by atoms with Gasteiger partial charge in [-0.3, -0.25) is 4.79 Å². The van der Waals surface area contributed by atoms with Crippen molar-refractivity contribution in [3.63, 3.8) is 0 Å². The van der Waals surface area contributed by atoms with Gasteiger partial charge in [0.1, 0.15) is 25.0 Å². The largest absolute Gasteiger partial charge is 0.489 e. The minimum absolute atomic E-state index is 0.118. The first-order valence-corrected chi connectivity index (χ1v) is 11.8. The van der Waals surface area contributed by atoms with Gasteiger partial charge in [-0.15, -0.1) is 0 Å². The van der Waals surface area contributed by atoms with Crippen molar-refractivity contribution in [2.24, 2.45) is 11.7 Å². The van der Waals surface area contributed by atoms with E-state index in [-0.39, 0.29) is 18.6 Å². The van der Waals surface area contributed by atoms with Crippen LogP contribution in [0.4, 0.5) is 4.79 Å². The Morgan fingerprint density at radius 1 is 0.857 bits per heavy atom. The SMILES string of the molecule is NC1CC(CNC(=O)[C@@H](NC(=O)OCc2ccccc2)c2ccc(OCc3ccccc3)cc2)C1. The van der Waals surface area contributed by atoms with Crippen LogP contribution in [-0.4, -0.2) is 24.6 Å². The third-order valence-electron chi connectivity index (χ3n) is 6.04. The first kappa shape index (κ1) is 24.3. The van der Waals surface area contributed by atoms with Gasteiger partial charge in [-0.25, -0.2) is 4.79 Å². The molecule has 7 nitrogen and oxygen atoms in total. The molecular weight excluding hydrogens is 442 g/mol. The van der Waals surface area contributed by atoms with E-state index in [1.807, 2.05) is 60.7 Å². The van der Waals surface area contributed by atoms with Gasteiger partial charge in [-0.2, -0.15) is 0 Å². The minimum atomic E-state index is -0.893. The monoisotopic (exact) mass is 473 g/mol. The highest BCUT2D eigenvalue weighted by molar-refractivity contribution is 5.86. The topological polar surface area (TPSA) is 103 Å². The molecule has 0 aliphatic heterocycles. The number of carbonyl (C=O) groups is 2. The lowest BCUT2D eigenvalue weighted by atomic mass is 9.81. The van der Waals surface area contributed by atoms with Gasteiger partial charge >= 0.3 is 6.09 Å². The number of hydrogen-bond donors (Lipinski definition) is 3. The van der Waals surface area contributed by atoms with Gasteiger partial charge in [0.15, 0.2) is 0 Å². The van der Waals surface area contributed by atoms with E-state index in [0.717, 1.165) is 24.0 Å². The Kier molecular flexibility index (Phi) is 8.35. The van der Waals surface area contributed by atoms with Gasteiger partial charge in [-0.1, -0.05) is 72.8 Å². The summed E-state index contributed by atoms with van der Waals surface area (Å²) in [6.07, 6.45) is 1.12. The van der Waals surface area contributed by atoms with Crippen molar-refractivity contribution in [3.8, 4) is 5.75 Å². The fraction of sp³-hybridized carbons (Fsp3) is 0.286. The fourth-order valence-corrected chi connectivity index (χ4v) is 3.98. The van der Waals surface area contributed by atoms with Crippen LogP contribution in [0.25, 0.3) is 0 Å². The molecule has 35 heavy (non-hydrogen) atoms. The number of hydrogen-bond acceptors (Lipinski definition) is 5. The number of nitrogens with one attached hydrogen (secondary N) is 2. The third-order valence-corrected chi connectivity index (χ3v) is 6.04. The van der Waals surface area contributed by atoms with Gasteiger partial charge in [0, 0.05) is 12.6 Å². The van der Waals surface area contributed by atoms with Gasteiger partial charge in [0.25, 0.3) is 0 Å². The zero-order valence-electron chi connectivity index (χ0n) is 19.6. The molecule has 0 saturated heterocycles. The molecule has 1 aliphatic carbocycles. The highest BCUT2D eigenvalue weighted by Crippen LogP contribution is 2.25. The van der Waals surface area contributed by atoms with Crippen molar-refractivity contribution in [2.75, 3.05) is 6.54 Å². The molecule has 0 bridgehead atoms. The summed E-state index contributed by atoms with van der Waals surface area (Å²) in [5, 5.41) is 5.66. The van der Waals surface area contributed by atoms with Crippen molar-refractivity contribution >= 4 is 12.0 Å². The maximum atomic E-state index is 13.0. The molecule has 182 valence electrons. The van der Waals surface area contributed by atoms with Crippen LogP contribution >= 0.6 is 0 Å². The maximum Gasteiger partial charge on any atom is 0.408 e. The maximum absolute atomic E-state index is 13.0. The molecule has 1 fully saturated rings. The summed E-state index contributed by atoms with van der Waals surface area (Å²) in [5.74, 6) is 0.750. The molecule has 1 atom stereocenters. The summed E-state index contributed by atoms with van der Waals surface area (Å²) < 4.78 is 11.2. The summed E-state index contributed by atoms with van der Waals surface area (Å²) >= 11 is 0. The Balaban J connectivity index is 1.38. The number of nitrogens with two attached hydrogens (primary N) is 1. The molecule has 1 saturated carbocycles. The highest BCUT2D eigenvalue weighted by Gasteiger charge is 2.28. The van der Waals surface area contributed by atoms with E-state index >= 15 is 0 Å². The van der Waals surface area contributed by atoms with E-state index in [1.165, 1.54) is 0 Å². The van der Waals surface area contributed by atoms with Crippen LogP contribution in [0, 0.1) is 5.92 Å². The molecule has 2 amide bonds. The molecule has 4 N–H and O–H groups in total. The second-order valence-corrected chi connectivity index (χ2v) is 8.83. The first-order chi connectivity index (χ1) is 17.1. The predicted octanol–water partition coefficient (Wildman–Crippen LogP) is 4.09. The predicted molar refractivity (Wildman–Crippen MR) is 133 cm³/mol. The molecule has 0 spiro atoms. The lowest BCUT2D eigenvalue weighted by Crippen LogP contribution is -2.46. The van der Waals surface area contributed by atoms with E-state index in [0.29, 0.717) is 30.4 Å². The number of rotatable bonds is 10. The molecule has 3 aromatic rings. The number of amides is 2. The normalized spacial score (nSPS) is 17.5. The van der Waals surface area contributed by atoms with E-state index in [4.69, 9.17) is 15.2 Å². The average molecular weight is 474 g/mol. The molecule has 0 heterocycles. The Morgan fingerprint density at radius 3 is 2.06 bits per heavy atom. The van der Waals surface area contributed by atoms with Gasteiger partial charge < -0.3 is 25.8 Å². The van der Waals surface area contributed by atoms with E-state index in [1.54, 1.807) is 24.3 Å². The lowest BCUT2D eigenvalue weighted by Gasteiger charge is -2.32. The number of benzene rings is 3. The molecule has 4 rings (SSSR count). The van der Waals surface area contributed by atoms with Crippen LogP contribution in [-0.2, 0) is 22.7 Å². The summed E-state index contributed by atoms with van der Waals surface area (Å²) in [7, 11) is 0. The van der Waals surface area contributed by atoms with Gasteiger partial charge in [0.2, 0.25) is 5.91 Å². The van der Waals surface area contributed by atoms with Crippen molar-refractivity contribution in [2.45, 2.75) is 38.1 Å². The first-order valence-electron chi connectivity index (χ1n) is 11.8. The van der Waals surface area contributed by atoms with E-state index in [2.05, 4.69) is 10.6 Å². The standard InChI is InChI=1S/C28H31N3O4/c29-24-15-22(16-24)17-30-27(32)26(31-28(33)35-19-21-9-5-2-6-10-21)23-11-13-25(14-12-23)34-18-20-7-3-1-4-8-20/h1-14,22,24,26H,15-19,29H2,(H,30,32)(H,31,33)/t22?,24?,26-/m0/s1. The number of carbonyl (C=O) groups excluding carboxylic acids is 2. The molecule has 3 aromatic carbocycles. The zero-order chi connectivity index (χ0) is 24.5. The molecular formula is C28H31N3O4. The second kappa shape index (κ2) is 12.0. The summed E-state index contributed by atoms with van der Waals surface area (Å²) in [5.41, 5.74) is 8.41. The van der Waals surface area contributed by atoms with E-state index in [9.17, 15) is 9.59 Å². The summed E-state index contributed by atoms with van der Waals surface area (Å²) in [4.78, 5) is 25.6. The van der Waals surface area contributed by atoms with E-state index < -0.39 is 12.1 Å². The molecule has 0 radical (unpaired) electrons. The van der Waals surface area contributed by atoms with Crippen molar-refractivity contribution < 1.29 is 19.1 Å². The van der Waals surface area contributed by atoms with Crippen LogP contribution < -0.4 is 21.1 Å². The van der Waals surface area contributed by atoms with Crippen molar-refractivity contribution in [1.82, 2.24) is 10.6 Å². The lowest BCUT2D eigenvalue weighted by molar-refractivity contribution is -0.123. The molecule has 7 heteroatoms. The van der Waals surface area contributed by atoms with Crippen LogP contribution in [0.5, 0.6) is 5.75 Å². The Hall–Kier alpha value is -3.84. The van der Waals surface area contributed by atoms with Crippen LogP contribution in [0.15, 0.2) is 84.9 Å². The van der Waals surface area contributed by atoms with Crippen molar-refractivity contribution in [3.05, 3.63) is 102 Å². The highest BCUT2D eigenvalue weighted by atomic mass is 16.5.